The van der Waals surface area contributed by atoms with E-state index in [0.29, 0.717) is 5.54 Å². The largest absolute Gasteiger partial charge is 0.298 e. The van der Waals surface area contributed by atoms with Crippen LogP contribution in [-0.4, -0.2) is 23.5 Å². The standard InChI is InChI=1S/C15H33N/c1-6-9-11-13-16(14-12-10-7-2)15(4,5)8-3/h6-14H2,1-5H3. The summed E-state index contributed by atoms with van der Waals surface area (Å²) < 4.78 is 0. The molecule has 0 heterocycles. The maximum absolute atomic E-state index is 2.71. The van der Waals surface area contributed by atoms with E-state index in [-0.39, 0.29) is 0 Å². The number of unbranched alkanes of at least 4 members (excludes halogenated alkanes) is 4. The minimum atomic E-state index is 0.390. The van der Waals surface area contributed by atoms with Crippen molar-refractivity contribution in [3.05, 3.63) is 0 Å². The molecule has 16 heavy (non-hydrogen) atoms. The summed E-state index contributed by atoms with van der Waals surface area (Å²) in [5.74, 6) is 0. The molecule has 1 heteroatoms. The fourth-order valence-corrected chi connectivity index (χ4v) is 2.05. The summed E-state index contributed by atoms with van der Waals surface area (Å²) in [7, 11) is 0. The maximum atomic E-state index is 2.71. The van der Waals surface area contributed by atoms with Crippen molar-refractivity contribution in [2.24, 2.45) is 0 Å². The average molecular weight is 227 g/mol. The van der Waals surface area contributed by atoms with Crippen molar-refractivity contribution in [1.82, 2.24) is 4.90 Å². The molecule has 1 nitrogen and oxygen atoms in total. The zero-order valence-electron chi connectivity index (χ0n) is 12.3. The van der Waals surface area contributed by atoms with E-state index in [1.807, 2.05) is 0 Å². The SMILES string of the molecule is CCCCCN(CCCCC)C(C)(C)CC. The Morgan fingerprint density at radius 3 is 1.50 bits per heavy atom. The van der Waals surface area contributed by atoms with Gasteiger partial charge in [0.2, 0.25) is 0 Å². The van der Waals surface area contributed by atoms with Crippen molar-refractivity contribution in [3.63, 3.8) is 0 Å². The third-order valence-corrected chi connectivity index (χ3v) is 3.78. The molecule has 0 fully saturated rings. The lowest BCUT2D eigenvalue weighted by molar-refractivity contribution is 0.110. The Kier molecular flexibility index (Phi) is 9.02. The summed E-state index contributed by atoms with van der Waals surface area (Å²) in [5, 5.41) is 0. The molecule has 0 atom stereocenters. The van der Waals surface area contributed by atoms with Crippen molar-refractivity contribution in [2.75, 3.05) is 13.1 Å². The lowest BCUT2D eigenvalue weighted by Gasteiger charge is -2.38. The normalized spacial score (nSPS) is 12.4. The van der Waals surface area contributed by atoms with Gasteiger partial charge in [-0.1, -0.05) is 46.5 Å². The number of nitrogens with zero attached hydrogens (tertiary/aromatic N) is 1. The minimum absolute atomic E-state index is 0.390. The summed E-state index contributed by atoms with van der Waals surface area (Å²) >= 11 is 0. The van der Waals surface area contributed by atoms with Gasteiger partial charge in [0.15, 0.2) is 0 Å². The Bertz CT molecular complexity index is 142. The van der Waals surface area contributed by atoms with Crippen LogP contribution < -0.4 is 0 Å². The average Bonchev–Trinajstić information content (AvgIpc) is 2.27. The van der Waals surface area contributed by atoms with E-state index in [4.69, 9.17) is 0 Å². The van der Waals surface area contributed by atoms with E-state index in [1.165, 1.54) is 58.0 Å². The fourth-order valence-electron chi connectivity index (χ4n) is 2.05. The second-order valence-electron chi connectivity index (χ2n) is 5.57. The first-order valence-corrected chi connectivity index (χ1v) is 7.33. The molecule has 0 unspecified atom stereocenters. The molecule has 0 aliphatic rings. The highest BCUT2D eigenvalue weighted by Gasteiger charge is 2.23. The molecule has 0 N–H and O–H groups in total. The van der Waals surface area contributed by atoms with Crippen LogP contribution in [0.3, 0.4) is 0 Å². The first-order valence-electron chi connectivity index (χ1n) is 7.33. The van der Waals surface area contributed by atoms with Crippen LogP contribution in [0.15, 0.2) is 0 Å². The van der Waals surface area contributed by atoms with E-state index in [2.05, 4.69) is 39.5 Å². The molecular weight excluding hydrogens is 194 g/mol. The first kappa shape index (κ1) is 16.0. The van der Waals surface area contributed by atoms with E-state index in [1.54, 1.807) is 0 Å². The second kappa shape index (κ2) is 9.04. The second-order valence-corrected chi connectivity index (χ2v) is 5.57. The molecule has 0 aromatic carbocycles. The molecule has 0 radical (unpaired) electrons. The third-order valence-electron chi connectivity index (χ3n) is 3.78. The molecule has 0 rings (SSSR count). The molecule has 0 aromatic heterocycles. The Hall–Kier alpha value is -0.0400. The van der Waals surface area contributed by atoms with Crippen molar-refractivity contribution in [1.29, 1.82) is 0 Å². The monoisotopic (exact) mass is 227 g/mol. The highest BCUT2D eigenvalue weighted by Crippen LogP contribution is 2.20. The van der Waals surface area contributed by atoms with Gasteiger partial charge in [0.05, 0.1) is 0 Å². The number of hydrogen-bond acceptors (Lipinski definition) is 1. The smallest absolute Gasteiger partial charge is 0.0150 e. The molecule has 0 saturated heterocycles. The molecule has 0 aliphatic carbocycles. The van der Waals surface area contributed by atoms with Gasteiger partial charge in [0.25, 0.3) is 0 Å². The van der Waals surface area contributed by atoms with Crippen LogP contribution in [-0.2, 0) is 0 Å². The van der Waals surface area contributed by atoms with Crippen LogP contribution in [0.5, 0.6) is 0 Å². The van der Waals surface area contributed by atoms with Gasteiger partial charge < -0.3 is 0 Å². The highest BCUT2D eigenvalue weighted by atomic mass is 15.2. The fraction of sp³-hybridized carbons (Fsp3) is 1.00. The summed E-state index contributed by atoms with van der Waals surface area (Å²) in [5.41, 5.74) is 0.390. The number of rotatable bonds is 10. The van der Waals surface area contributed by atoms with Crippen molar-refractivity contribution >= 4 is 0 Å². The number of hydrogen-bond donors (Lipinski definition) is 0. The van der Waals surface area contributed by atoms with Gasteiger partial charge in [-0.2, -0.15) is 0 Å². The van der Waals surface area contributed by atoms with Crippen molar-refractivity contribution < 1.29 is 0 Å². The molecule has 0 aliphatic heterocycles. The highest BCUT2D eigenvalue weighted by molar-refractivity contribution is 4.79. The predicted molar refractivity (Wildman–Crippen MR) is 75.0 cm³/mol. The third kappa shape index (κ3) is 6.52. The topological polar surface area (TPSA) is 3.24 Å². The van der Waals surface area contributed by atoms with Crippen LogP contribution in [0, 0.1) is 0 Å². The van der Waals surface area contributed by atoms with Crippen LogP contribution in [0.1, 0.15) is 79.6 Å². The zero-order valence-corrected chi connectivity index (χ0v) is 12.3. The van der Waals surface area contributed by atoms with Gasteiger partial charge in [-0.05, 0) is 46.2 Å². The van der Waals surface area contributed by atoms with Crippen molar-refractivity contribution in [2.45, 2.75) is 85.1 Å². The lowest BCUT2D eigenvalue weighted by atomic mass is 9.98. The zero-order chi connectivity index (χ0) is 12.4. The predicted octanol–water partition coefficient (Wildman–Crippen LogP) is 4.86. The Morgan fingerprint density at radius 2 is 1.19 bits per heavy atom. The van der Waals surface area contributed by atoms with Crippen molar-refractivity contribution in [3.8, 4) is 0 Å². The minimum Gasteiger partial charge on any atom is -0.298 e. The Labute approximate surface area is 104 Å². The van der Waals surface area contributed by atoms with Gasteiger partial charge in [0, 0.05) is 5.54 Å². The van der Waals surface area contributed by atoms with Gasteiger partial charge in [-0.15, -0.1) is 0 Å². The summed E-state index contributed by atoms with van der Waals surface area (Å²) in [6.45, 7) is 14.2. The van der Waals surface area contributed by atoms with E-state index < -0.39 is 0 Å². The van der Waals surface area contributed by atoms with Crippen LogP contribution in [0.25, 0.3) is 0 Å². The molecule has 98 valence electrons. The van der Waals surface area contributed by atoms with Crippen LogP contribution in [0.2, 0.25) is 0 Å². The quantitative estimate of drug-likeness (QED) is 0.482. The molecule has 0 spiro atoms. The molecule has 0 aromatic rings. The lowest BCUT2D eigenvalue weighted by Crippen LogP contribution is -2.44. The summed E-state index contributed by atoms with van der Waals surface area (Å²) in [4.78, 5) is 2.71. The molecular formula is C15H33N. The van der Waals surface area contributed by atoms with Gasteiger partial charge in [0.1, 0.15) is 0 Å². The van der Waals surface area contributed by atoms with Gasteiger partial charge in [-0.25, -0.2) is 0 Å². The van der Waals surface area contributed by atoms with E-state index in [0.717, 1.165) is 0 Å². The van der Waals surface area contributed by atoms with Gasteiger partial charge in [-0.3, -0.25) is 4.90 Å². The van der Waals surface area contributed by atoms with E-state index in [9.17, 15) is 0 Å². The maximum Gasteiger partial charge on any atom is 0.0150 e. The molecule has 0 bridgehead atoms. The van der Waals surface area contributed by atoms with E-state index >= 15 is 0 Å². The molecule has 0 amide bonds. The Morgan fingerprint density at radius 1 is 0.750 bits per heavy atom. The summed E-state index contributed by atoms with van der Waals surface area (Å²) in [6, 6.07) is 0. The molecule has 0 saturated carbocycles. The first-order chi connectivity index (χ1) is 7.58. The Balaban J connectivity index is 4.05. The summed E-state index contributed by atoms with van der Waals surface area (Å²) in [6.07, 6.45) is 9.40. The van der Waals surface area contributed by atoms with Crippen LogP contribution >= 0.6 is 0 Å². The van der Waals surface area contributed by atoms with Gasteiger partial charge >= 0.3 is 0 Å². The van der Waals surface area contributed by atoms with Crippen LogP contribution in [0.4, 0.5) is 0 Å².